The van der Waals surface area contributed by atoms with E-state index >= 15 is 0 Å². The number of likely N-dealkylation sites (tertiary alicyclic amines) is 1. The van der Waals surface area contributed by atoms with Crippen molar-refractivity contribution in [2.24, 2.45) is 11.8 Å². The molecule has 4 heteroatoms. The van der Waals surface area contributed by atoms with Crippen LogP contribution in [0.15, 0.2) is 18.2 Å². The monoisotopic (exact) mass is 439 g/mol. The molecule has 0 radical (unpaired) electrons. The number of carbonyl (C=O) groups excluding carboxylic acids is 1. The third-order valence-electron chi connectivity index (χ3n) is 8.62. The van der Waals surface area contributed by atoms with Gasteiger partial charge in [-0.3, -0.25) is 4.79 Å². The van der Waals surface area contributed by atoms with E-state index in [2.05, 4.69) is 23.1 Å². The molecule has 1 aliphatic carbocycles. The van der Waals surface area contributed by atoms with Gasteiger partial charge in [-0.1, -0.05) is 25.0 Å². The Balaban J connectivity index is 0.988. The van der Waals surface area contributed by atoms with Crippen molar-refractivity contribution in [3.05, 3.63) is 29.3 Å². The van der Waals surface area contributed by atoms with E-state index in [0.29, 0.717) is 24.0 Å². The molecule has 0 bridgehead atoms. The number of hydrogen-bond donors (Lipinski definition) is 0. The number of hydrogen-bond acceptors (Lipinski definition) is 4. The first-order chi connectivity index (χ1) is 15.7. The van der Waals surface area contributed by atoms with E-state index < -0.39 is 0 Å². The van der Waals surface area contributed by atoms with E-state index in [4.69, 9.17) is 9.47 Å². The van der Waals surface area contributed by atoms with Crippen LogP contribution in [0.1, 0.15) is 87.7 Å². The lowest BCUT2D eigenvalue weighted by Gasteiger charge is -2.35. The number of ether oxygens (including phenoxy) is 2. The normalized spacial score (nSPS) is 29.1. The maximum atomic E-state index is 12.4. The first-order valence-corrected chi connectivity index (χ1v) is 13.3. The fraction of sp³-hybridized carbons (Fsp3) is 0.750. The molecule has 1 aromatic carbocycles. The van der Waals surface area contributed by atoms with E-state index in [1.165, 1.54) is 70.1 Å². The Bertz CT molecular complexity index is 756. The summed E-state index contributed by atoms with van der Waals surface area (Å²) in [6.07, 6.45) is 14.1. The van der Waals surface area contributed by atoms with E-state index in [-0.39, 0.29) is 6.10 Å². The number of fused-ring (bicyclic) bond motifs is 1. The highest BCUT2D eigenvalue weighted by Gasteiger charge is 2.28. The zero-order chi connectivity index (χ0) is 21.8. The molecule has 4 nitrogen and oxygen atoms in total. The molecule has 3 heterocycles. The molecule has 0 amide bonds. The van der Waals surface area contributed by atoms with Gasteiger partial charge in [-0.25, -0.2) is 0 Å². The van der Waals surface area contributed by atoms with Gasteiger partial charge in [0.1, 0.15) is 11.5 Å². The standard InChI is InChI=1S/C28H41NO3/c30-24(20-25-3-2-17-31-25)19-22-8-6-21(7-9-22)10-14-29-15-11-23(12-16-29)26-4-1-5-28-27(26)13-18-32-28/h1,4-5,21-23,25H,2-3,6-20H2. The summed E-state index contributed by atoms with van der Waals surface area (Å²) in [5.74, 6) is 3.79. The topological polar surface area (TPSA) is 38.8 Å². The predicted octanol–water partition coefficient (Wildman–Crippen LogP) is 5.53. The second-order valence-electron chi connectivity index (χ2n) is 10.8. The van der Waals surface area contributed by atoms with Gasteiger partial charge < -0.3 is 14.4 Å². The summed E-state index contributed by atoms with van der Waals surface area (Å²) in [4.78, 5) is 15.1. The van der Waals surface area contributed by atoms with E-state index in [9.17, 15) is 4.79 Å². The fourth-order valence-corrected chi connectivity index (χ4v) is 6.65. The SMILES string of the molecule is O=C(CC1CCC(CCN2CCC(c3cccc4c3CCO4)CC2)CC1)CC1CCCO1. The molecular formula is C28H41NO3. The highest BCUT2D eigenvalue weighted by atomic mass is 16.5. The summed E-state index contributed by atoms with van der Waals surface area (Å²) in [5, 5.41) is 0. The average molecular weight is 440 g/mol. The molecule has 5 rings (SSSR count). The minimum absolute atomic E-state index is 0.221. The van der Waals surface area contributed by atoms with Gasteiger partial charge in [-0.05, 0) is 94.0 Å². The van der Waals surface area contributed by atoms with Crippen LogP contribution in [0, 0.1) is 11.8 Å². The Morgan fingerprint density at radius 2 is 1.75 bits per heavy atom. The molecule has 3 fully saturated rings. The largest absolute Gasteiger partial charge is 0.493 e. The number of nitrogens with zero attached hydrogens (tertiary/aromatic N) is 1. The van der Waals surface area contributed by atoms with Gasteiger partial charge in [0.2, 0.25) is 0 Å². The summed E-state index contributed by atoms with van der Waals surface area (Å²) in [7, 11) is 0. The second-order valence-corrected chi connectivity index (χ2v) is 10.8. The first-order valence-electron chi connectivity index (χ1n) is 13.3. The number of benzene rings is 1. The molecule has 2 saturated heterocycles. The lowest BCUT2D eigenvalue weighted by molar-refractivity contribution is -0.122. The van der Waals surface area contributed by atoms with Crippen LogP contribution < -0.4 is 4.74 Å². The van der Waals surface area contributed by atoms with Crippen LogP contribution in [0.4, 0.5) is 0 Å². The molecule has 176 valence electrons. The minimum Gasteiger partial charge on any atom is -0.493 e. The Morgan fingerprint density at radius 1 is 0.938 bits per heavy atom. The number of Topliss-reactive ketones (excluding diaryl/α,β-unsaturated/α-hetero) is 1. The Hall–Kier alpha value is -1.39. The van der Waals surface area contributed by atoms with Crippen molar-refractivity contribution in [2.75, 3.05) is 32.8 Å². The van der Waals surface area contributed by atoms with Crippen molar-refractivity contribution < 1.29 is 14.3 Å². The van der Waals surface area contributed by atoms with Crippen LogP contribution >= 0.6 is 0 Å². The maximum Gasteiger partial charge on any atom is 0.135 e. The summed E-state index contributed by atoms with van der Waals surface area (Å²) < 4.78 is 11.4. The maximum absolute atomic E-state index is 12.4. The number of carbonyl (C=O) groups is 1. The molecule has 1 atom stereocenters. The molecule has 4 aliphatic rings. The highest BCUT2D eigenvalue weighted by molar-refractivity contribution is 5.79. The van der Waals surface area contributed by atoms with Gasteiger partial charge in [-0.2, -0.15) is 0 Å². The zero-order valence-electron chi connectivity index (χ0n) is 19.7. The first kappa shape index (κ1) is 22.4. The molecular weight excluding hydrogens is 398 g/mol. The van der Waals surface area contributed by atoms with Crippen LogP contribution in [0.2, 0.25) is 0 Å². The number of piperidine rings is 1. The quantitative estimate of drug-likeness (QED) is 0.534. The summed E-state index contributed by atoms with van der Waals surface area (Å²) in [5.41, 5.74) is 3.05. The summed E-state index contributed by atoms with van der Waals surface area (Å²) in [6, 6.07) is 6.66. The van der Waals surface area contributed by atoms with Crippen LogP contribution in [0.5, 0.6) is 5.75 Å². The van der Waals surface area contributed by atoms with Gasteiger partial charge in [-0.15, -0.1) is 0 Å². The zero-order valence-corrected chi connectivity index (χ0v) is 19.7. The van der Waals surface area contributed by atoms with Gasteiger partial charge in [0.05, 0.1) is 12.7 Å². The van der Waals surface area contributed by atoms with E-state index in [0.717, 1.165) is 50.6 Å². The van der Waals surface area contributed by atoms with Gasteiger partial charge in [0, 0.05) is 31.4 Å². The second kappa shape index (κ2) is 10.7. The Kier molecular flexibility index (Phi) is 7.49. The van der Waals surface area contributed by atoms with E-state index in [1.807, 2.05) is 0 Å². The van der Waals surface area contributed by atoms with Crippen LogP contribution in [-0.4, -0.2) is 49.6 Å². The predicted molar refractivity (Wildman–Crippen MR) is 127 cm³/mol. The number of ketones is 1. The number of rotatable bonds is 8. The van der Waals surface area contributed by atoms with Crippen molar-refractivity contribution in [1.82, 2.24) is 4.90 Å². The fourth-order valence-electron chi connectivity index (χ4n) is 6.65. The van der Waals surface area contributed by atoms with Crippen molar-refractivity contribution >= 4 is 5.78 Å². The molecule has 0 spiro atoms. The van der Waals surface area contributed by atoms with Gasteiger partial charge in [0.25, 0.3) is 0 Å². The smallest absolute Gasteiger partial charge is 0.135 e. The van der Waals surface area contributed by atoms with Crippen LogP contribution in [0.3, 0.4) is 0 Å². The summed E-state index contributed by atoms with van der Waals surface area (Å²) in [6.45, 7) is 5.45. The molecule has 1 unspecified atom stereocenters. The molecule has 0 aromatic heterocycles. The third kappa shape index (κ3) is 5.56. The highest BCUT2D eigenvalue weighted by Crippen LogP contribution is 2.38. The van der Waals surface area contributed by atoms with Crippen LogP contribution in [0.25, 0.3) is 0 Å². The molecule has 0 N–H and O–H groups in total. The summed E-state index contributed by atoms with van der Waals surface area (Å²) >= 11 is 0. The van der Waals surface area contributed by atoms with Crippen molar-refractivity contribution in [2.45, 2.75) is 89.1 Å². The van der Waals surface area contributed by atoms with Crippen LogP contribution in [-0.2, 0) is 16.0 Å². The Morgan fingerprint density at radius 3 is 2.53 bits per heavy atom. The molecule has 1 saturated carbocycles. The average Bonchev–Trinajstić information content (AvgIpc) is 3.51. The van der Waals surface area contributed by atoms with Crippen molar-refractivity contribution in [1.29, 1.82) is 0 Å². The Labute approximate surface area is 194 Å². The lowest BCUT2D eigenvalue weighted by atomic mass is 9.78. The van der Waals surface area contributed by atoms with E-state index in [1.54, 1.807) is 5.56 Å². The van der Waals surface area contributed by atoms with Crippen molar-refractivity contribution in [3.63, 3.8) is 0 Å². The third-order valence-corrected chi connectivity index (χ3v) is 8.62. The molecule has 1 aromatic rings. The van der Waals surface area contributed by atoms with Gasteiger partial charge in [0.15, 0.2) is 0 Å². The minimum atomic E-state index is 0.221. The van der Waals surface area contributed by atoms with Crippen molar-refractivity contribution in [3.8, 4) is 5.75 Å². The van der Waals surface area contributed by atoms with Gasteiger partial charge >= 0.3 is 0 Å². The molecule has 3 aliphatic heterocycles. The lowest BCUT2D eigenvalue weighted by Crippen LogP contribution is -2.35. The molecule has 32 heavy (non-hydrogen) atoms.